The lowest BCUT2D eigenvalue weighted by Gasteiger charge is -2.23. The number of nitrogens with zero attached hydrogens (tertiary/aromatic N) is 4. The van der Waals surface area contributed by atoms with E-state index in [1.165, 1.54) is 0 Å². The molecule has 0 unspecified atom stereocenters. The fourth-order valence-corrected chi connectivity index (χ4v) is 5.32. The Balaban J connectivity index is 1.56. The van der Waals surface area contributed by atoms with Gasteiger partial charge < -0.3 is 0 Å². The number of hydrogen-bond donors (Lipinski definition) is 2. The van der Waals surface area contributed by atoms with Gasteiger partial charge in [0, 0.05) is 27.6 Å². The van der Waals surface area contributed by atoms with Gasteiger partial charge >= 0.3 is 0 Å². The van der Waals surface area contributed by atoms with E-state index in [4.69, 9.17) is 10.2 Å². The number of benzene rings is 4. The first kappa shape index (κ1) is 25.8. The molecule has 0 atom stereocenters. The molecular weight excluding hydrogens is 536 g/mol. The molecule has 8 heteroatoms. The van der Waals surface area contributed by atoms with Crippen molar-refractivity contribution in [2.45, 2.75) is 0 Å². The molecular formula is C33H17F2N5S. The fourth-order valence-electron chi connectivity index (χ4n) is 5.11. The molecule has 194 valence electrons. The highest BCUT2D eigenvalue weighted by Gasteiger charge is 2.29. The Morgan fingerprint density at radius 1 is 0.756 bits per heavy atom. The van der Waals surface area contributed by atoms with E-state index in [0.717, 1.165) is 23.1 Å². The number of allylic oxidation sites excluding steroid dienone is 1. The monoisotopic (exact) mass is 553 g/mol. The summed E-state index contributed by atoms with van der Waals surface area (Å²) in [6.45, 7) is 0. The molecule has 5 nitrogen and oxygen atoms in total. The highest BCUT2D eigenvalue weighted by Crippen LogP contribution is 2.39. The molecule has 41 heavy (non-hydrogen) atoms. The van der Waals surface area contributed by atoms with Crippen LogP contribution in [0.15, 0.2) is 89.3 Å². The summed E-state index contributed by atoms with van der Waals surface area (Å²) in [5, 5.41) is 28.4. The van der Waals surface area contributed by atoms with Crippen LogP contribution in [0.5, 0.6) is 0 Å². The molecule has 0 saturated carbocycles. The first-order valence-corrected chi connectivity index (χ1v) is 12.8. The highest BCUT2D eigenvalue weighted by atomic mass is 32.1. The third kappa shape index (κ3) is 4.37. The van der Waals surface area contributed by atoms with Crippen LogP contribution in [0.3, 0.4) is 0 Å². The highest BCUT2D eigenvalue weighted by molar-refractivity contribution is 7.79. The van der Waals surface area contributed by atoms with Gasteiger partial charge in [-0.2, -0.15) is 10.5 Å². The number of para-hydroxylation sites is 1. The largest absolute Gasteiger partial charge is 0.298 e. The van der Waals surface area contributed by atoms with Gasteiger partial charge in [0.2, 0.25) is 0 Å². The van der Waals surface area contributed by atoms with E-state index < -0.39 is 11.6 Å². The van der Waals surface area contributed by atoms with Crippen LogP contribution in [0, 0.1) is 39.7 Å². The number of rotatable bonds is 3. The molecule has 0 bridgehead atoms. The Bertz CT molecular complexity index is 2040. The molecule has 1 heterocycles. The second kappa shape index (κ2) is 10.3. The average Bonchev–Trinajstić information content (AvgIpc) is 3.00. The van der Waals surface area contributed by atoms with E-state index in [2.05, 4.69) is 23.3 Å². The molecule has 0 spiro atoms. The lowest BCUT2D eigenvalue weighted by molar-refractivity contribution is 0.589. The maximum atomic E-state index is 14.7. The molecule has 1 N–H and O–H groups in total. The van der Waals surface area contributed by atoms with Crippen molar-refractivity contribution in [2.75, 3.05) is 0 Å². The molecule has 1 aliphatic rings. The van der Waals surface area contributed by atoms with E-state index >= 15 is 0 Å². The van der Waals surface area contributed by atoms with E-state index in [9.17, 15) is 19.5 Å². The number of hydrogen-bond acceptors (Lipinski definition) is 6. The maximum absolute atomic E-state index is 14.7. The molecule has 0 fully saturated rings. The number of fused-ring (bicyclic) bond motifs is 3. The molecule has 6 rings (SSSR count). The van der Waals surface area contributed by atoms with Gasteiger partial charge in [-0.05, 0) is 60.3 Å². The van der Waals surface area contributed by atoms with Crippen LogP contribution in [0.4, 0.5) is 8.78 Å². The summed E-state index contributed by atoms with van der Waals surface area (Å²) in [7, 11) is 0. The Labute approximate surface area is 239 Å². The van der Waals surface area contributed by atoms with Crippen molar-refractivity contribution in [1.29, 1.82) is 15.9 Å². The van der Waals surface area contributed by atoms with Crippen molar-refractivity contribution in [3.05, 3.63) is 124 Å². The fraction of sp³-hybridized carbons (Fsp3) is 0. The molecule has 5 aromatic rings. The van der Waals surface area contributed by atoms with Gasteiger partial charge in [0.05, 0.1) is 45.8 Å². The third-order valence-corrected chi connectivity index (χ3v) is 7.18. The molecule has 1 aliphatic carbocycles. The summed E-state index contributed by atoms with van der Waals surface area (Å²) in [4.78, 5) is 4.92. The first-order chi connectivity index (χ1) is 19.9. The number of halogens is 2. The quantitative estimate of drug-likeness (QED) is 0.223. The van der Waals surface area contributed by atoms with E-state index in [-0.39, 0.29) is 16.8 Å². The van der Waals surface area contributed by atoms with Gasteiger partial charge in [0.1, 0.15) is 17.3 Å². The number of nitriles is 2. The van der Waals surface area contributed by atoms with Gasteiger partial charge in [-0.15, -0.1) is 0 Å². The van der Waals surface area contributed by atoms with Crippen LogP contribution in [0.1, 0.15) is 27.8 Å². The number of nitrogens with one attached hydrogen (secondary N) is 1. The lowest BCUT2D eigenvalue weighted by atomic mass is 9.82. The van der Waals surface area contributed by atoms with Crippen molar-refractivity contribution in [3.8, 4) is 34.5 Å². The molecule has 1 aromatic heterocycles. The second-order valence-corrected chi connectivity index (χ2v) is 9.54. The summed E-state index contributed by atoms with van der Waals surface area (Å²) in [5.41, 5.74) is 5.52. The summed E-state index contributed by atoms with van der Waals surface area (Å²) in [5.74, 6) is -1.66. The Morgan fingerprint density at radius 3 is 2.12 bits per heavy atom. The predicted molar refractivity (Wildman–Crippen MR) is 160 cm³/mol. The summed E-state index contributed by atoms with van der Waals surface area (Å²) < 4.78 is 33.5. The second-order valence-electron chi connectivity index (χ2n) is 9.34. The van der Waals surface area contributed by atoms with Gasteiger partial charge in [-0.1, -0.05) is 54.6 Å². The number of thiol groups is 1. The SMILES string of the molecule is N#Cc1cccc(-c2nc3ccccc3c3c2C=C(c2ccc(-c4c(F)cc(C#N)cc4F)cc2)/C(=N/S)C3=N)c1. The zero-order chi connectivity index (χ0) is 28.7. The van der Waals surface area contributed by atoms with Gasteiger partial charge in [-0.3, -0.25) is 5.41 Å². The van der Waals surface area contributed by atoms with Crippen molar-refractivity contribution in [1.82, 2.24) is 4.98 Å². The minimum Gasteiger partial charge on any atom is -0.298 e. The minimum absolute atomic E-state index is 0.100. The predicted octanol–water partition coefficient (Wildman–Crippen LogP) is 7.80. The lowest BCUT2D eigenvalue weighted by Crippen LogP contribution is -2.22. The third-order valence-electron chi connectivity index (χ3n) is 6.98. The van der Waals surface area contributed by atoms with Crippen LogP contribution in [-0.2, 0) is 0 Å². The summed E-state index contributed by atoms with van der Waals surface area (Å²) in [6.07, 6.45) is 1.88. The molecule has 4 aromatic carbocycles. The molecule has 0 aliphatic heterocycles. The van der Waals surface area contributed by atoms with Gasteiger partial charge in [0.15, 0.2) is 0 Å². The van der Waals surface area contributed by atoms with Crippen molar-refractivity contribution in [2.24, 2.45) is 4.40 Å². The van der Waals surface area contributed by atoms with Crippen LogP contribution in [0.25, 0.3) is 44.9 Å². The van der Waals surface area contributed by atoms with Crippen molar-refractivity contribution < 1.29 is 8.78 Å². The van der Waals surface area contributed by atoms with Gasteiger partial charge in [-0.25, -0.2) is 18.2 Å². The van der Waals surface area contributed by atoms with E-state index in [0.29, 0.717) is 50.3 Å². The average molecular weight is 554 g/mol. The maximum Gasteiger partial charge on any atom is 0.135 e. The number of aromatic nitrogens is 1. The topological polar surface area (TPSA) is 96.7 Å². The summed E-state index contributed by atoms with van der Waals surface area (Å²) in [6, 6.07) is 27.1. The van der Waals surface area contributed by atoms with Gasteiger partial charge in [0.25, 0.3) is 0 Å². The number of pyridine rings is 1. The van der Waals surface area contributed by atoms with Crippen molar-refractivity contribution >= 4 is 46.8 Å². The molecule has 0 saturated heterocycles. The smallest absolute Gasteiger partial charge is 0.135 e. The normalized spacial score (nSPS) is 13.4. The molecule has 0 radical (unpaired) electrons. The minimum atomic E-state index is -0.832. The van der Waals surface area contributed by atoms with E-state index in [1.807, 2.05) is 36.4 Å². The Morgan fingerprint density at radius 2 is 1.44 bits per heavy atom. The van der Waals surface area contributed by atoms with Crippen LogP contribution in [-0.4, -0.2) is 16.4 Å². The summed E-state index contributed by atoms with van der Waals surface area (Å²) >= 11 is 4.19. The molecule has 0 amide bonds. The standard InChI is InChI=1S/C33H17F2N5S/c34-26-13-19(17-37)14-27(35)29(26)21-10-8-20(9-11-21)24-15-25-30(31(38)33(24)40-41)23-6-1-2-7-28(23)39-32(25)22-5-3-4-18(12-22)16-36/h1-15,38,41H/b38-31?,40-33-. The van der Waals surface area contributed by atoms with Crippen LogP contribution < -0.4 is 0 Å². The Hall–Kier alpha value is -5.44. The van der Waals surface area contributed by atoms with Crippen LogP contribution in [0.2, 0.25) is 0 Å². The first-order valence-electron chi connectivity index (χ1n) is 12.4. The van der Waals surface area contributed by atoms with Crippen LogP contribution >= 0.6 is 12.8 Å². The van der Waals surface area contributed by atoms with Crippen molar-refractivity contribution in [3.63, 3.8) is 0 Å². The zero-order valence-electron chi connectivity index (χ0n) is 21.2. The Kier molecular flexibility index (Phi) is 6.47. The zero-order valence-corrected chi connectivity index (χ0v) is 22.0. The van der Waals surface area contributed by atoms with E-state index in [1.54, 1.807) is 48.5 Å².